The Hall–Kier alpha value is -1.61. The van der Waals surface area contributed by atoms with Gasteiger partial charge in [0.25, 0.3) is 0 Å². The zero-order valence-corrected chi connectivity index (χ0v) is 12.9. The number of para-hydroxylation sites is 1. The molecule has 3 heteroatoms. The highest BCUT2D eigenvalue weighted by Gasteiger charge is 2.36. The molecule has 1 heterocycles. The third-order valence-electron chi connectivity index (χ3n) is 4.88. The van der Waals surface area contributed by atoms with E-state index in [9.17, 15) is 4.79 Å². The second-order valence-corrected chi connectivity index (χ2v) is 6.24. The van der Waals surface area contributed by atoms with Gasteiger partial charge in [-0.05, 0) is 43.4 Å². The maximum atomic E-state index is 12.7. The number of ketones is 1. The fourth-order valence-corrected chi connectivity index (χ4v) is 3.39. The van der Waals surface area contributed by atoms with Gasteiger partial charge in [-0.15, -0.1) is 0 Å². The minimum atomic E-state index is -0.0537. The summed E-state index contributed by atoms with van der Waals surface area (Å²) in [7, 11) is 0. The van der Waals surface area contributed by atoms with Crippen molar-refractivity contribution in [3.05, 3.63) is 36.0 Å². The summed E-state index contributed by atoms with van der Waals surface area (Å²) in [6.07, 6.45) is 5.09. The predicted octanol–water partition coefficient (Wildman–Crippen LogP) is 3.30. The molecule has 3 nitrogen and oxygen atoms in total. The number of carbonyl (C=O) groups excluding carboxylic acids is 1. The van der Waals surface area contributed by atoms with E-state index in [1.165, 1.54) is 17.4 Å². The monoisotopic (exact) mass is 284 g/mol. The van der Waals surface area contributed by atoms with E-state index in [4.69, 9.17) is 0 Å². The number of likely N-dealkylation sites (N-methyl/N-ethyl adjacent to an activating group) is 1. The minimum Gasteiger partial charge on any atom is -0.361 e. The normalized spacial score (nSPS) is 23.0. The third-order valence-corrected chi connectivity index (χ3v) is 4.88. The van der Waals surface area contributed by atoms with Crippen LogP contribution in [0.25, 0.3) is 10.9 Å². The third kappa shape index (κ3) is 2.75. The first-order chi connectivity index (χ1) is 10.2. The van der Waals surface area contributed by atoms with E-state index in [-0.39, 0.29) is 12.0 Å². The fraction of sp³-hybridized carbons (Fsp3) is 0.500. The van der Waals surface area contributed by atoms with Gasteiger partial charge in [0.15, 0.2) is 5.78 Å². The van der Waals surface area contributed by atoms with E-state index < -0.39 is 0 Å². The zero-order valence-electron chi connectivity index (χ0n) is 12.9. The maximum Gasteiger partial charge on any atom is 0.153 e. The summed E-state index contributed by atoms with van der Waals surface area (Å²) >= 11 is 0. The van der Waals surface area contributed by atoms with Crippen LogP contribution in [0.15, 0.2) is 30.5 Å². The molecule has 0 amide bonds. The molecule has 2 aromatic rings. The quantitative estimate of drug-likeness (QED) is 0.855. The van der Waals surface area contributed by atoms with Crippen molar-refractivity contribution in [2.75, 3.05) is 6.54 Å². The molecule has 1 fully saturated rings. The molecule has 1 aliphatic carbocycles. The molecular formula is C18H24N2O. The first-order valence-electron chi connectivity index (χ1n) is 8.02. The molecule has 0 aliphatic heterocycles. The van der Waals surface area contributed by atoms with Crippen LogP contribution in [0.1, 0.15) is 32.3 Å². The van der Waals surface area contributed by atoms with Crippen LogP contribution < -0.4 is 5.32 Å². The number of fused-ring (bicyclic) bond motifs is 1. The first-order valence-corrected chi connectivity index (χ1v) is 8.02. The number of Topliss-reactive ketones (excluding diaryl/α,β-unsaturated/α-hetero) is 1. The summed E-state index contributed by atoms with van der Waals surface area (Å²) in [5.74, 6) is 1.22. The Balaban J connectivity index is 1.80. The number of hydrogen-bond acceptors (Lipinski definition) is 2. The summed E-state index contributed by atoms with van der Waals surface area (Å²) in [6.45, 7) is 5.10. The van der Waals surface area contributed by atoms with E-state index >= 15 is 0 Å². The standard InChI is InChI=1S/C18H24N2O/c1-3-19-17(18(21)14-9-8-12(14)2)10-13-11-20-16-7-5-4-6-15(13)16/h4-7,11-12,14,17,19-20H,3,8-10H2,1-2H3. The van der Waals surface area contributed by atoms with Gasteiger partial charge in [0.05, 0.1) is 6.04 Å². The molecule has 1 aromatic heterocycles. The summed E-state index contributed by atoms with van der Waals surface area (Å²) in [5, 5.41) is 4.62. The van der Waals surface area contributed by atoms with Crippen molar-refractivity contribution >= 4 is 16.7 Å². The Morgan fingerprint density at radius 3 is 2.86 bits per heavy atom. The van der Waals surface area contributed by atoms with Crippen molar-refractivity contribution in [1.82, 2.24) is 10.3 Å². The summed E-state index contributed by atoms with van der Waals surface area (Å²) in [5.41, 5.74) is 2.38. The minimum absolute atomic E-state index is 0.0537. The molecule has 3 atom stereocenters. The van der Waals surface area contributed by atoms with Gasteiger partial charge in [-0.2, -0.15) is 0 Å². The summed E-state index contributed by atoms with van der Waals surface area (Å²) < 4.78 is 0. The number of aromatic nitrogens is 1. The molecule has 0 radical (unpaired) electrons. The lowest BCUT2D eigenvalue weighted by Crippen LogP contribution is -2.46. The zero-order chi connectivity index (χ0) is 14.8. The first kappa shape index (κ1) is 14.3. The van der Waals surface area contributed by atoms with Crippen molar-refractivity contribution in [2.45, 2.75) is 39.2 Å². The van der Waals surface area contributed by atoms with Crippen LogP contribution in [0.5, 0.6) is 0 Å². The van der Waals surface area contributed by atoms with E-state index in [0.717, 1.165) is 24.9 Å². The molecular weight excluding hydrogens is 260 g/mol. The Bertz CT molecular complexity index is 631. The van der Waals surface area contributed by atoms with E-state index in [1.54, 1.807) is 0 Å². The Kier molecular flexibility index (Phi) is 4.11. The largest absolute Gasteiger partial charge is 0.361 e. The molecule has 112 valence electrons. The maximum absolute atomic E-state index is 12.7. The number of benzene rings is 1. The van der Waals surface area contributed by atoms with Crippen molar-refractivity contribution in [2.24, 2.45) is 11.8 Å². The number of nitrogens with one attached hydrogen (secondary N) is 2. The molecule has 3 rings (SSSR count). The lowest BCUT2D eigenvalue weighted by molar-refractivity contribution is -0.129. The van der Waals surface area contributed by atoms with Crippen LogP contribution in [0.3, 0.4) is 0 Å². The highest BCUT2D eigenvalue weighted by atomic mass is 16.1. The highest BCUT2D eigenvalue weighted by Crippen LogP contribution is 2.35. The van der Waals surface area contributed by atoms with Crippen LogP contribution in [-0.2, 0) is 11.2 Å². The SMILES string of the molecule is CCNC(Cc1c[nH]c2ccccc12)C(=O)C1CCC1C. The van der Waals surface area contributed by atoms with E-state index in [0.29, 0.717) is 11.7 Å². The van der Waals surface area contributed by atoms with Gasteiger partial charge >= 0.3 is 0 Å². The highest BCUT2D eigenvalue weighted by molar-refractivity contribution is 5.89. The average Bonchev–Trinajstić information content (AvgIpc) is 2.88. The van der Waals surface area contributed by atoms with E-state index in [1.807, 2.05) is 12.3 Å². The summed E-state index contributed by atoms with van der Waals surface area (Å²) in [4.78, 5) is 16.0. The fourth-order valence-electron chi connectivity index (χ4n) is 3.39. The van der Waals surface area contributed by atoms with Gasteiger partial charge in [-0.1, -0.05) is 32.0 Å². The molecule has 2 N–H and O–H groups in total. The van der Waals surface area contributed by atoms with Crippen LogP contribution in [-0.4, -0.2) is 23.4 Å². The second-order valence-electron chi connectivity index (χ2n) is 6.24. The molecule has 3 unspecified atom stereocenters. The molecule has 0 bridgehead atoms. The number of hydrogen-bond donors (Lipinski definition) is 2. The Morgan fingerprint density at radius 2 is 2.19 bits per heavy atom. The van der Waals surface area contributed by atoms with Crippen LogP contribution >= 0.6 is 0 Å². The topological polar surface area (TPSA) is 44.9 Å². The predicted molar refractivity (Wildman–Crippen MR) is 86.4 cm³/mol. The van der Waals surface area contributed by atoms with Gasteiger partial charge in [-0.3, -0.25) is 4.79 Å². The van der Waals surface area contributed by atoms with Gasteiger partial charge < -0.3 is 10.3 Å². The Morgan fingerprint density at radius 1 is 1.38 bits per heavy atom. The molecule has 1 saturated carbocycles. The van der Waals surface area contributed by atoms with Crippen LogP contribution in [0, 0.1) is 11.8 Å². The number of aromatic amines is 1. The molecule has 0 spiro atoms. The number of carbonyl (C=O) groups is 1. The van der Waals surface area contributed by atoms with Crippen molar-refractivity contribution in [3.8, 4) is 0 Å². The summed E-state index contributed by atoms with van der Waals surface area (Å²) in [6, 6.07) is 8.24. The molecule has 0 saturated heterocycles. The number of H-pyrrole nitrogens is 1. The second kappa shape index (κ2) is 6.02. The number of rotatable bonds is 6. The molecule has 1 aromatic carbocycles. The Labute approximate surface area is 126 Å². The average molecular weight is 284 g/mol. The van der Waals surface area contributed by atoms with Crippen LogP contribution in [0.2, 0.25) is 0 Å². The lowest BCUT2D eigenvalue weighted by atomic mass is 9.70. The lowest BCUT2D eigenvalue weighted by Gasteiger charge is -2.35. The van der Waals surface area contributed by atoms with Gasteiger partial charge in [0, 0.05) is 23.0 Å². The van der Waals surface area contributed by atoms with Crippen LogP contribution in [0.4, 0.5) is 0 Å². The van der Waals surface area contributed by atoms with Gasteiger partial charge in [-0.25, -0.2) is 0 Å². The van der Waals surface area contributed by atoms with E-state index in [2.05, 4.69) is 42.3 Å². The van der Waals surface area contributed by atoms with Crippen molar-refractivity contribution < 1.29 is 4.79 Å². The van der Waals surface area contributed by atoms with Gasteiger partial charge in [0.1, 0.15) is 0 Å². The van der Waals surface area contributed by atoms with Crippen molar-refractivity contribution in [1.29, 1.82) is 0 Å². The molecule has 1 aliphatic rings. The molecule has 21 heavy (non-hydrogen) atoms. The van der Waals surface area contributed by atoms with Gasteiger partial charge in [0.2, 0.25) is 0 Å². The smallest absolute Gasteiger partial charge is 0.153 e. The van der Waals surface area contributed by atoms with Crippen molar-refractivity contribution in [3.63, 3.8) is 0 Å².